The highest BCUT2D eigenvalue weighted by molar-refractivity contribution is 6.06. The molecular weight excluding hydrogens is 372 g/mol. The highest BCUT2D eigenvalue weighted by atomic mass is 16.6. The Morgan fingerprint density at radius 2 is 1.79 bits per heavy atom. The molecule has 8 nitrogen and oxygen atoms in total. The Bertz CT molecular complexity index is 936. The van der Waals surface area contributed by atoms with Crippen molar-refractivity contribution in [2.45, 2.75) is 19.3 Å². The first-order valence-electron chi connectivity index (χ1n) is 9.53. The lowest BCUT2D eigenvalue weighted by Crippen LogP contribution is -2.36. The maximum atomic E-state index is 13.1. The van der Waals surface area contributed by atoms with Crippen molar-refractivity contribution in [2.75, 3.05) is 37.4 Å². The fourth-order valence-corrected chi connectivity index (χ4v) is 3.41. The maximum absolute atomic E-state index is 13.1. The van der Waals surface area contributed by atoms with Gasteiger partial charge in [-0.3, -0.25) is 19.7 Å². The molecule has 0 unspecified atom stereocenters. The molecule has 1 aliphatic heterocycles. The number of nitro groups is 1. The predicted octanol–water partition coefficient (Wildman–Crippen LogP) is 3.54. The lowest BCUT2D eigenvalue weighted by molar-refractivity contribution is -0.384. The molecule has 8 heteroatoms. The van der Waals surface area contributed by atoms with Gasteiger partial charge < -0.3 is 15.1 Å². The number of non-ortho nitro benzene ring substituents is 1. The molecule has 1 fully saturated rings. The number of carbonyl (C=O) groups is 2. The first-order chi connectivity index (χ1) is 13.9. The third-order valence-corrected chi connectivity index (χ3v) is 4.93. The van der Waals surface area contributed by atoms with Gasteiger partial charge in [-0.25, -0.2) is 0 Å². The summed E-state index contributed by atoms with van der Waals surface area (Å²) in [6.07, 6.45) is 3.11. The Hall–Kier alpha value is -3.42. The van der Waals surface area contributed by atoms with Crippen LogP contribution in [0.3, 0.4) is 0 Å². The summed E-state index contributed by atoms with van der Waals surface area (Å²) in [5.41, 5.74) is 1.79. The van der Waals surface area contributed by atoms with E-state index in [0.717, 1.165) is 38.0 Å². The second-order valence-corrected chi connectivity index (χ2v) is 7.24. The van der Waals surface area contributed by atoms with Crippen LogP contribution in [-0.2, 0) is 0 Å². The Labute approximate surface area is 169 Å². The Balaban J connectivity index is 1.86. The van der Waals surface area contributed by atoms with Crippen LogP contribution in [0.5, 0.6) is 0 Å². The highest BCUT2D eigenvalue weighted by Crippen LogP contribution is 2.26. The van der Waals surface area contributed by atoms with Gasteiger partial charge in [0, 0.05) is 56.3 Å². The molecule has 2 amide bonds. The minimum absolute atomic E-state index is 0.0557. The molecule has 0 radical (unpaired) electrons. The Morgan fingerprint density at radius 1 is 1.07 bits per heavy atom. The van der Waals surface area contributed by atoms with Gasteiger partial charge >= 0.3 is 0 Å². The number of nitrogens with zero attached hydrogens (tertiary/aromatic N) is 3. The number of amides is 2. The third-order valence-electron chi connectivity index (χ3n) is 4.93. The smallest absolute Gasteiger partial charge is 0.270 e. The highest BCUT2D eigenvalue weighted by Gasteiger charge is 2.22. The van der Waals surface area contributed by atoms with E-state index in [1.165, 1.54) is 24.3 Å². The number of anilines is 2. The number of carbonyl (C=O) groups excluding carboxylic acids is 2. The number of nitro benzene ring substituents is 1. The number of benzene rings is 2. The molecule has 3 rings (SSSR count). The summed E-state index contributed by atoms with van der Waals surface area (Å²) in [6, 6.07) is 10.7. The van der Waals surface area contributed by atoms with E-state index in [-0.39, 0.29) is 17.2 Å². The van der Waals surface area contributed by atoms with E-state index >= 15 is 0 Å². The lowest BCUT2D eigenvalue weighted by Gasteiger charge is -2.28. The molecule has 0 bridgehead atoms. The topological polar surface area (TPSA) is 95.8 Å². The van der Waals surface area contributed by atoms with Crippen LogP contribution >= 0.6 is 0 Å². The molecule has 1 saturated heterocycles. The van der Waals surface area contributed by atoms with Crippen LogP contribution in [0.1, 0.15) is 40.0 Å². The van der Waals surface area contributed by atoms with Gasteiger partial charge in [0.05, 0.1) is 10.5 Å². The summed E-state index contributed by atoms with van der Waals surface area (Å²) in [4.78, 5) is 39.7. The first kappa shape index (κ1) is 20.3. The molecule has 1 aliphatic rings. The Morgan fingerprint density at radius 3 is 2.45 bits per heavy atom. The minimum Gasteiger partial charge on any atom is -0.377 e. The van der Waals surface area contributed by atoms with E-state index in [4.69, 9.17) is 0 Å². The maximum Gasteiger partial charge on any atom is 0.270 e. The molecule has 0 spiro atoms. The van der Waals surface area contributed by atoms with Gasteiger partial charge in [0.1, 0.15) is 0 Å². The summed E-state index contributed by atoms with van der Waals surface area (Å²) in [7, 11) is 3.73. The molecule has 0 saturated carbocycles. The molecular formula is C21H24N4O4. The van der Waals surface area contributed by atoms with E-state index in [2.05, 4.69) is 5.32 Å². The Kier molecular flexibility index (Phi) is 6.11. The predicted molar refractivity (Wildman–Crippen MR) is 112 cm³/mol. The van der Waals surface area contributed by atoms with Gasteiger partial charge in [0.15, 0.2) is 0 Å². The fourth-order valence-electron chi connectivity index (χ4n) is 3.41. The van der Waals surface area contributed by atoms with Crippen LogP contribution in [0, 0.1) is 10.1 Å². The number of piperidine rings is 1. The third kappa shape index (κ3) is 4.71. The second kappa shape index (κ2) is 8.72. The zero-order valence-electron chi connectivity index (χ0n) is 16.6. The van der Waals surface area contributed by atoms with Crippen molar-refractivity contribution >= 4 is 28.9 Å². The van der Waals surface area contributed by atoms with Crippen molar-refractivity contribution in [3.63, 3.8) is 0 Å². The molecule has 1 heterocycles. The summed E-state index contributed by atoms with van der Waals surface area (Å²) in [5.74, 6) is -0.525. The first-order valence-corrected chi connectivity index (χ1v) is 9.53. The number of likely N-dealkylation sites (tertiary alicyclic amines) is 1. The number of rotatable bonds is 5. The number of nitrogens with one attached hydrogen (secondary N) is 1. The number of hydrogen-bond acceptors (Lipinski definition) is 5. The normalized spacial score (nSPS) is 13.7. The SMILES string of the molecule is CN(C)c1ccc(NC(=O)c2cccc([N+](=O)[O-])c2)cc1C(=O)N1CCCCC1. The zero-order chi connectivity index (χ0) is 21.0. The van der Waals surface area contributed by atoms with Crippen LogP contribution in [0.25, 0.3) is 0 Å². The van der Waals surface area contributed by atoms with Crippen molar-refractivity contribution < 1.29 is 14.5 Å². The van der Waals surface area contributed by atoms with Crippen LogP contribution < -0.4 is 10.2 Å². The number of hydrogen-bond donors (Lipinski definition) is 1. The van der Waals surface area contributed by atoms with E-state index < -0.39 is 10.8 Å². The van der Waals surface area contributed by atoms with E-state index in [9.17, 15) is 19.7 Å². The minimum atomic E-state index is -0.544. The largest absolute Gasteiger partial charge is 0.377 e. The van der Waals surface area contributed by atoms with Gasteiger partial charge in [-0.15, -0.1) is 0 Å². The zero-order valence-corrected chi connectivity index (χ0v) is 16.6. The summed E-state index contributed by atoms with van der Waals surface area (Å²) < 4.78 is 0. The molecule has 2 aromatic rings. The van der Waals surface area contributed by atoms with Crippen molar-refractivity contribution in [3.05, 3.63) is 63.7 Å². The van der Waals surface area contributed by atoms with Crippen LogP contribution in [0.2, 0.25) is 0 Å². The van der Waals surface area contributed by atoms with Crippen LogP contribution in [0.15, 0.2) is 42.5 Å². The van der Waals surface area contributed by atoms with Gasteiger partial charge in [-0.05, 0) is 43.5 Å². The monoisotopic (exact) mass is 396 g/mol. The van der Waals surface area contributed by atoms with Crippen molar-refractivity contribution in [1.82, 2.24) is 4.90 Å². The molecule has 152 valence electrons. The molecule has 2 aromatic carbocycles. The summed E-state index contributed by atoms with van der Waals surface area (Å²) >= 11 is 0. The van der Waals surface area contributed by atoms with Crippen LogP contribution in [0.4, 0.5) is 17.1 Å². The summed E-state index contributed by atoms with van der Waals surface area (Å²) in [6.45, 7) is 1.46. The van der Waals surface area contributed by atoms with Gasteiger partial charge in [0.25, 0.3) is 17.5 Å². The quantitative estimate of drug-likeness (QED) is 0.616. The average molecular weight is 396 g/mol. The van der Waals surface area contributed by atoms with E-state index in [1.54, 1.807) is 18.2 Å². The van der Waals surface area contributed by atoms with E-state index in [1.807, 2.05) is 23.9 Å². The summed E-state index contributed by atoms with van der Waals surface area (Å²) in [5, 5.41) is 13.7. The van der Waals surface area contributed by atoms with Crippen molar-refractivity contribution in [2.24, 2.45) is 0 Å². The fraction of sp³-hybridized carbons (Fsp3) is 0.333. The molecule has 29 heavy (non-hydrogen) atoms. The van der Waals surface area contributed by atoms with Gasteiger partial charge in [-0.1, -0.05) is 6.07 Å². The second-order valence-electron chi connectivity index (χ2n) is 7.24. The van der Waals surface area contributed by atoms with Crippen LogP contribution in [-0.4, -0.2) is 48.8 Å². The van der Waals surface area contributed by atoms with Crippen molar-refractivity contribution in [1.29, 1.82) is 0 Å². The van der Waals surface area contributed by atoms with Gasteiger partial charge in [-0.2, -0.15) is 0 Å². The lowest BCUT2D eigenvalue weighted by atomic mass is 10.1. The standard InChI is InChI=1S/C21H24N4O4/c1-23(2)19-10-9-16(14-18(19)21(27)24-11-4-3-5-12-24)22-20(26)15-7-6-8-17(13-15)25(28)29/h6-10,13-14H,3-5,11-12H2,1-2H3,(H,22,26). The molecule has 0 aliphatic carbocycles. The molecule has 0 aromatic heterocycles. The molecule has 1 N–H and O–H groups in total. The average Bonchev–Trinajstić information content (AvgIpc) is 2.73. The van der Waals surface area contributed by atoms with Gasteiger partial charge in [0.2, 0.25) is 0 Å². The van der Waals surface area contributed by atoms with Crippen molar-refractivity contribution in [3.8, 4) is 0 Å². The molecule has 0 atom stereocenters. The van der Waals surface area contributed by atoms with E-state index in [0.29, 0.717) is 11.3 Å².